The van der Waals surface area contributed by atoms with Crippen molar-refractivity contribution in [2.75, 3.05) is 0 Å². The van der Waals surface area contributed by atoms with Gasteiger partial charge in [-0.3, -0.25) is 9.48 Å². The van der Waals surface area contributed by atoms with Crippen LogP contribution in [0, 0.1) is 13.8 Å². The Balaban J connectivity index is 2.17. The summed E-state index contributed by atoms with van der Waals surface area (Å²) in [5, 5.41) is 6.73. The van der Waals surface area contributed by atoms with E-state index in [1.54, 1.807) is 39.8 Å². The van der Waals surface area contributed by atoms with Crippen LogP contribution in [0.15, 0.2) is 22.8 Å². The third-order valence-electron chi connectivity index (χ3n) is 3.92. The minimum absolute atomic E-state index is 0.295. The maximum absolute atomic E-state index is 12.6. The second kappa shape index (κ2) is 6.70. The number of carbonyl (C=O) groups is 1. The van der Waals surface area contributed by atoms with Crippen LogP contribution in [0.25, 0.3) is 0 Å². The summed E-state index contributed by atoms with van der Waals surface area (Å²) in [4.78, 5) is 12.4. The summed E-state index contributed by atoms with van der Waals surface area (Å²) in [7, 11) is 0. The first kappa shape index (κ1) is 18.1. The molecule has 0 aliphatic carbocycles. The second-order valence-corrected chi connectivity index (χ2v) is 5.82. The molecule has 0 aliphatic rings. The van der Waals surface area contributed by atoms with Crippen LogP contribution in [0.5, 0.6) is 0 Å². The van der Waals surface area contributed by atoms with Crippen LogP contribution < -0.4 is 5.32 Å². The molecule has 8 heteroatoms. The predicted octanol–water partition coefficient (Wildman–Crippen LogP) is 3.64. The van der Waals surface area contributed by atoms with Gasteiger partial charge in [0.15, 0.2) is 0 Å². The zero-order valence-electron chi connectivity index (χ0n) is 13.9. The largest absolute Gasteiger partial charge is 0.467 e. The molecular weight excluding hydrogens is 323 g/mol. The van der Waals surface area contributed by atoms with Gasteiger partial charge in [-0.1, -0.05) is 0 Å². The molecule has 0 saturated carbocycles. The van der Waals surface area contributed by atoms with Crippen molar-refractivity contribution < 1.29 is 22.4 Å². The van der Waals surface area contributed by atoms with Gasteiger partial charge in [-0.05, 0) is 39.8 Å². The molecule has 2 aromatic heterocycles. The van der Waals surface area contributed by atoms with E-state index in [1.165, 1.54) is 6.26 Å². The lowest BCUT2D eigenvalue weighted by molar-refractivity contribution is -0.143. The van der Waals surface area contributed by atoms with E-state index in [0.717, 1.165) is 4.68 Å². The highest BCUT2D eigenvalue weighted by Gasteiger charge is 2.32. The molecule has 2 rings (SSSR count). The summed E-state index contributed by atoms with van der Waals surface area (Å²) in [5.41, 5.74) is 1.28. The van der Waals surface area contributed by atoms with Crippen LogP contribution in [0.1, 0.15) is 48.5 Å². The van der Waals surface area contributed by atoms with Crippen molar-refractivity contribution in [3.8, 4) is 0 Å². The van der Waals surface area contributed by atoms with E-state index in [9.17, 15) is 18.0 Å². The maximum atomic E-state index is 12.6. The number of carbonyl (C=O) groups excluding carboxylic acids is 1. The summed E-state index contributed by atoms with van der Waals surface area (Å²) in [6.45, 7) is 5.40. The van der Waals surface area contributed by atoms with Gasteiger partial charge in [0.2, 0.25) is 5.91 Å². The first-order valence-corrected chi connectivity index (χ1v) is 7.54. The Bertz CT molecular complexity index is 705. The van der Waals surface area contributed by atoms with Crippen molar-refractivity contribution in [1.29, 1.82) is 0 Å². The molecule has 0 bridgehead atoms. The second-order valence-electron chi connectivity index (χ2n) is 5.82. The van der Waals surface area contributed by atoms with Gasteiger partial charge in [-0.15, -0.1) is 0 Å². The SMILES string of the molecule is Cc1nn(CC(F)(F)F)c(C)c1[C@H](C)C(=O)N[C@@H](C)c1ccco1. The van der Waals surface area contributed by atoms with Gasteiger partial charge in [-0.25, -0.2) is 0 Å². The lowest BCUT2D eigenvalue weighted by atomic mass is 9.98. The standard InChI is InChI=1S/C16H20F3N3O2/c1-9(15(23)20-10(2)13-6-5-7-24-13)14-11(3)21-22(12(14)4)8-16(17,18)19/h5-7,9-10H,8H2,1-4H3,(H,20,23)/t9-,10-/m0/s1. The van der Waals surface area contributed by atoms with E-state index in [2.05, 4.69) is 10.4 Å². The Kier molecular flexibility index (Phi) is 5.05. The van der Waals surface area contributed by atoms with E-state index in [0.29, 0.717) is 22.7 Å². The van der Waals surface area contributed by atoms with Crippen LogP contribution in [-0.2, 0) is 11.3 Å². The lowest BCUT2D eigenvalue weighted by Gasteiger charge is -2.17. The third kappa shape index (κ3) is 3.98. The van der Waals surface area contributed by atoms with E-state index in [1.807, 2.05) is 0 Å². The fraction of sp³-hybridized carbons (Fsp3) is 0.500. The van der Waals surface area contributed by atoms with Crippen molar-refractivity contribution in [3.63, 3.8) is 0 Å². The number of aryl methyl sites for hydroxylation is 1. The molecule has 0 radical (unpaired) electrons. The average Bonchev–Trinajstić information content (AvgIpc) is 3.06. The lowest BCUT2D eigenvalue weighted by Crippen LogP contribution is -2.30. The van der Waals surface area contributed by atoms with Crippen molar-refractivity contribution in [2.24, 2.45) is 0 Å². The van der Waals surface area contributed by atoms with Gasteiger partial charge in [0.25, 0.3) is 0 Å². The number of alkyl halides is 3. The maximum Gasteiger partial charge on any atom is 0.408 e. The van der Waals surface area contributed by atoms with Gasteiger partial charge in [-0.2, -0.15) is 18.3 Å². The third-order valence-corrected chi connectivity index (χ3v) is 3.92. The number of furan rings is 1. The molecule has 0 aromatic carbocycles. The van der Waals surface area contributed by atoms with Crippen LogP contribution in [0.2, 0.25) is 0 Å². The van der Waals surface area contributed by atoms with Gasteiger partial charge < -0.3 is 9.73 Å². The van der Waals surface area contributed by atoms with E-state index < -0.39 is 18.6 Å². The predicted molar refractivity (Wildman–Crippen MR) is 81.4 cm³/mol. The summed E-state index contributed by atoms with van der Waals surface area (Å²) in [6, 6.07) is 3.13. The quantitative estimate of drug-likeness (QED) is 0.902. The van der Waals surface area contributed by atoms with E-state index in [4.69, 9.17) is 4.42 Å². The van der Waals surface area contributed by atoms with E-state index in [-0.39, 0.29) is 11.9 Å². The number of hydrogen-bond acceptors (Lipinski definition) is 3. The molecule has 0 spiro atoms. The topological polar surface area (TPSA) is 60.1 Å². The molecule has 0 saturated heterocycles. The summed E-state index contributed by atoms with van der Waals surface area (Å²) in [6.07, 6.45) is -2.85. The van der Waals surface area contributed by atoms with Crippen molar-refractivity contribution in [2.45, 2.75) is 52.4 Å². The number of amides is 1. The smallest absolute Gasteiger partial charge is 0.408 e. The molecule has 0 fully saturated rings. The highest BCUT2D eigenvalue weighted by atomic mass is 19.4. The normalized spacial score (nSPS) is 14.5. The molecule has 1 N–H and O–H groups in total. The number of hydrogen-bond donors (Lipinski definition) is 1. The summed E-state index contributed by atoms with van der Waals surface area (Å²) >= 11 is 0. The van der Waals surface area contributed by atoms with Gasteiger partial charge in [0.1, 0.15) is 12.3 Å². The van der Waals surface area contributed by atoms with Crippen molar-refractivity contribution in [3.05, 3.63) is 41.1 Å². The zero-order chi connectivity index (χ0) is 18.1. The van der Waals surface area contributed by atoms with Crippen molar-refractivity contribution in [1.82, 2.24) is 15.1 Å². The summed E-state index contributed by atoms with van der Waals surface area (Å²) in [5.74, 6) is -0.308. The molecule has 2 heterocycles. The molecule has 1 amide bonds. The average molecular weight is 343 g/mol. The Morgan fingerprint density at radius 3 is 2.58 bits per heavy atom. The fourth-order valence-corrected chi connectivity index (χ4v) is 2.74. The number of rotatable bonds is 5. The monoisotopic (exact) mass is 343 g/mol. The van der Waals surface area contributed by atoms with Crippen molar-refractivity contribution >= 4 is 5.91 Å². The minimum atomic E-state index is -4.36. The first-order chi connectivity index (χ1) is 11.1. The summed E-state index contributed by atoms with van der Waals surface area (Å²) < 4.78 is 43.9. The highest BCUT2D eigenvalue weighted by molar-refractivity contribution is 5.84. The van der Waals surface area contributed by atoms with Crippen LogP contribution in [0.4, 0.5) is 13.2 Å². The Labute approximate surface area is 137 Å². The van der Waals surface area contributed by atoms with Gasteiger partial charge in [0.05, 0.1) is 23.9 Å². The number of nitrogens with one attached hydrogen (secondary N) is 1. The Morgan fingerprint density at radius 1 is 1.38 bits per heavy atom. The molecule has 24 heavy (non-hydrogen) atoms. The number of nitrogens with zero attached hydrogens (tertiary/aromatic N) is 2. The molecule has 5 nitrogen and oxygen atoms in total. The highest BCUT2D eigenvalue weighted by Crippen LogP contribution is 2.27. The minimum Gasteiger partial charge on any atom is -0.467 e. The molecule has 132 valence electrons. The molecular formula is C16H20F3N3O2. The first-order valence-electron chi connectivity index (χ1n) is 7.54. The Morgan fingerprint density at radius 2 is 2.04 bits per heavy atom. The molecule has 2 aromatic rings. The number of aromatic nitrogens is 2. The van der Waals surface area contributed by atoms with Gasteiger partial charge in [0, 0.05) is 11.3 Å². The molecule has 0 unspecified atom stereocenters. The van der Waals surface area contributed by atoms with E-state index >= 15 is 0 Å². The fourth-order valence-electron chi connectivity index (χ4n) is 2.74. The van der Waals surface area contributed by atoms with Crippen LogP contribution in [0.3, 0.4) is 0 Å². The molecule has 2 atom stereocenters. The van der Waals surface area contributed by atoms with Gasteiger partial charge >= 0.3 is 6.18 Å². The van der Waals surface area contributed by atoms with Crippen LogP contribution >= 0.6 is 0 Å². The molecule has 0 aliphatic heterocycles. The Hall–Kier alpha value is -2.25. The zero-order valence-corrected chi connectivity index (χ0v) is 13.9. The van der Waals surface area contributed by atoms with Crippen LogP contribution in [-0.4, -0.2) is 21.9 Å². The number of halogens is 3.